The van der Waals surface area contributed by atoms with Gasteiger partial charge in [-0.25, -0.2) is 8.42 Å². The molecule has 0 saturated heterocycles. The molecule has 1 aliphatic rings. The summed E-state index contributed by atoms with van der Waals surface area (Å²) < 4.78 is 32.2. The predicted octanol–water partition coefficient (Wildman–Crippen LogP) is 0.850. The number of ether oxygens (including phenoxy) is 1. The number of amides is 1. The van der Waals surface area contributed by atoms with Gasteiger partial charge in [0.05, 0.1) is 16.8 Å². The van der Waals surface area contributed by atoms with Gasteiger partial charge in [0.1, 0.15) is 11.6 Å². The van der Waals surface area contributed by atoms with Gasteiger partial charge in [-0.2, -0.15) is 5.10 Å². The van der Waals surface area contributed by atoms with Crippen molar-refractivity contribution >= 4 is 27.4 Å². The molecule has 3 rings (SSSR count). The van der Waals surface area contributed by atoms with Crippen LogP contribution < -0.4 is 14.8 Å². The van der Waals surface area contributed by atoms with E-state index in [1.54, 1.807) is 6.92 Å². The molecule has 0 atom stereocenters. The zero-order valence-corrected chi connectivity index (χ0v) is 11.8. The second kappa shape index (κ2) is 4.77. The molecule has 1 amide bonds. The van der Waals surface area contributed by atoms with Crippen molar-refractivity contribution in [3.63, 3.8) is 0 Å². The third-order valence-electron chi connectivity index (χ3n) is 2.96. The number of aryl methyl sites for hydroxylation is 1. The Labute approximate surface area is 120 Å². The van der Waals surface area contributed by atoms with Gasteiger partial charge < -0.3 is 10.1 Å². The van der Waals surface area contributed by atoms with Gasteiger partial charge in [-0.15, -0.1) is 0 Å². The maximum atomic E-state index is 12.3. The zero-order valence-electron chi connectivity index (χ0n) is 11.0. The van der Waals surface area contributed by atoms with E-state index in [-0.39, 0.29) is 17.4 Å². The Bertz CT molecular complexity index is 812. The molecule has 1 aliphatic heterocycles. The quantitative estimate of drug-likeness (QED) is 0.778. The van der Waals surface area contributed by atoms with Crippen LogP contribution in [0.3, 0.4) is 0 Å². The van der Waals surface area contributed by atoms with Crippen LogP contribution in [0.4, 0.5) is 11.5 Å². The first-order chi connectivity index (χ1) is 9.95. The number of aromatic amines is 1. The van der Waals surface area contributed by atoms with Crippen molar-refractivity contribution < 1.29 is 17.9 Å². The Morgan fingerprint density at radius 3 is 2.90 bits per heavy atom. The molecule has 0 bridgehead atoms. The van der Waals surface area contributed by atoms with Crippen LogP contribution in [0.2, 0.25) is 0 Å². The second-order valence-corrected chi connectivity index (χ2v) is 6.21. The van der Waals surface area contributed by atoms with E-state index in [0.717, 1.165) is 0 Å². The smallest absolute Gasteiger partial charge is 0.263 e. The maximum Gasteiger partial charge on any atom is 0.263 e. The van der Waals surface area contributed by atoms with E-state index in [2.05, 4.69) is 20.2 Å². The molecule has 0 spiro atoms. The highest BCUT2D eigenvalue weighted by molar-refractivity contribution is 7.92. The fourth-order valence-electron chi connectivity index (χ4n) is 1.87. The minimum absolute atomic E-state index is 0.0149. The minimum Gasteiger partial charge on any atom is -0.482 e. The Morgan fingerprint density at radius 2 is 2.19 bits per heavy atom. The Morgan fingerprint density at radius 1 is 1.38 bits per heavy atom. The standard InChI is InChI=1S/C12H12N4O4S/c1-7-5-13-15-12(7)16-21(18,19)8-2-3-10-9(4-8)14-11(17)6-20-10/h2-5H,6H2,1H3,(H,14,17)(H2,13,15,16). The molecule has 2 aromatic rings. The van der Waals surface area contributed by atoms with Gasteiger partial charge in [-0.05, 0) is 25.1 Å². The number of hydrogen-bond donors (Lipinski definition) is 3. The van der Waals surface area contributed by atoms with Crippen LogP contribution in [-0.4, -0.2) is 31.1 Å². The monoisotopic (exact) mass is 308 g/mol. The zero-order chi connectivity index (χ0) is 15.0. The molecule has 8 nitrogen and oxygen atoms in total. The molecule has 0 saturated carbocycles. The Hall–Kier alpha value is -2.55. The number of H-pyrrole nitrogens is 1. The van der Waals surface area contributed by atoms with E-state index in [4.69, 9.17) is 4.74 Å². The van der Waals surface area contributed by atoms with Gasteiger partial charge in [0, 0.05) is 5.56 Å². The summed E-state index contributed by atoms with van der Waals surface area (Å²) in [5, 5.41) is 8.88. The molecule has 9 heteroatoms. The van der Waals surface area contributed by atoms with Crippen molar-refractivity contribution in [3.8, 4) is 5.75 Å². The number of rotatable bonds is 3. The normalized spacial score (nSPS) is 14.0. The van der Waals surface area contributed by atoms with Gasteiger partial charge in [-0.3, -0.25) is 14.6 Å². The van der Waals surface area contributed by atoms with Crippen LogP contribution in [0.15, 0.2) is 29.3 Å². The summed E-state index contributed by atoms with van der Waals surface area (Å²) in [6.07, 6.45) is 1.51. The summed E-state index contributed by atoms with van der Waals surface area (Å²) in [5.41, 5.74) is 1.00. The van der Waals surface area contributed by atoms with Gasteiger partial charge in [0.2, 0.25) is 0 Å². The van der Waals surface area contributed by atoms with Gasteiger partial charge >= 0.3 is 0 Å². The summed E-state index contributed by atoms with van der Waals surface area (Å²) >= 11 is 0. The fourth-order valence-corrected chi connectivity index (χ4v) is 2.99. The van der Waals surface area contributed by atoms with E-state index < -0.39 is 10.0 Å². The summed E-state index contributed by atoms with van der Waals surface area (Å²) in [4.78, 5) is 11.3. The number of nitrogens with one attached hydrogen (secondary N) is 3. The molecule has 21 heavy (non-hydrogen) atoms. The number of anilines is 2. The van der Waals surface area contributed by atoms with E-state index in [0.29, 0.717) is 22.8 Å². The summed E-state index contributed by atoms with van der Waals surface area (Å²) in [5.74, 6) is 0.411. The summed E-state index contributed by atoms with van der Waals surface area (Å²) in [7, 11) is -3.78. The van der Waals surface area contributed by atoms with E-state index in [1.165, 1.54) is 24.4 Å². The first kappa shape index (κ1) is 13.4. The highest BCUT2D eigenvalue weighted by Gasteiger charge is 2.21. The van der Waals surface area contributed by atoms with Crippen molar-refractivity contribution in [1.29, 1.82) is 0 Å². The minimum atomic E-state index is -3.78. The topological polar surface area (TPSA) is 113 Å². The number of hydrogen-bond acceptors (Lipinski definition) is 5. The Balaban J connectivity index is 1.94. The van der Waals surface area contributed by atoms with E-state index in [1.807, 2.05) is 0 Å². The number of carbonyl (C=O) groups is 1. The third kappa shape index (κ3) is 2.55. The lowest BCUT2D eigenvalue weighted by atomic mass is 10.2. The van der Waals surface area contributed by atoms with Gasteiger partial charge in [0.15, 0.2) is 6.61 Å². The SMILES string of the molecule is Cc1cn[nH]c1NS(=O)(=O)c1ccc2c(c1)NC(=O)CO2. The summed E-state index contributed by atoms with van der Waals surface area (Å²) in [6.45, 7) is 1.65. The predicted molar refractivity (Wildman–Crippen MR) is 74.7 cm³/mol. The lowest BCUT2D eigenvalue weighted by Gasteiger charge is -2.18. The highest BCUT2D eigenvalue weighted by atomic mass is 32.2. The molecule has 0 radical (unpaired) electrons. The van der Waals surface area contributed by atoms with E-state index in [9.17, 15) is 13.2 Å². The first-order valence-corrected chi connectivity index (χ1v) is 7.53. The van der Waals surface area contributed by atoms with Crippen LogP contribution in [-0.2, 0) is 14.8 Å². The second-order valence-electron chi connectivity index (χ2n) is 4.53. The molecular weight excluding hydrogens is 296 g/mol. The number of benzene rings is 1. The van der Waals surface area contributed by atoms with Crippen molar-refractivity contribution in [2.45, 2.75) is 11.8 Å². The summed E-state index contributed by atoms with van der Waals surface area (Å²) in [6, 6.07) is 4.26. The lowest BCUT2D eigenvalue weighted by Crippen LogP contribution is -2.25. The molecular formula is C12H12N4O4S. The van der Waals surface area contributed by atoms with Crippen LogP contribution >= 0.6 is 0 Å². The largest absolute Gasteiger partial charge is 0.482 e. The van der Waals surface area contributed by atoms with Crippen molar-refractivity contribution in [2.75, 3.05) is 16.6 Å². The van der Waals surface area contributed by atoms with Crippen molar-refractivity contribution in [2.24, 2.45) is 0 Å². The average molecular weight is 308 g/mol. The Kier molecular flexibility index (Phi) is 3.05. The molecule has 0 unspecified atom stereocenters. The van der Waals surface area contributed by atoms with Crippen LogP contribution in [0.25, 0.3) is 0 Å². The van der Waals surface area contributed by atoms with Crippen LogP contribution in [0, 0.1) is 6.92 Å². The molecule has 2 heterocycles. The highest BCUT2D eigenvalue weighted by Crippen LogP contribution is 2.30. The fraction of sp³-hybridized carbons (Fsp3) is 0.167. The van der Waals surface area contributed by atoms with Crippen molar-refractivity contribution in [3.05, 3.63) is 30.0 Å². The molecule has 1 aromatic carbocycles. The molecule has 3 N–H and O–H groups in total. The number of nitrogens with zero attached hydrogens (tertiary/aromatic N) is 1. The first-order valence-electron chi connectivity index (χ1n) is 6.05. The van der Waals surface area contributed by atoms with Crippen molar-refractivity contribution in [1.82, 2.24) is 10.2 Å². The third-order valence-corrected chi connectivity index (χ3v) is 4.31. The van der Waals surface area contributed by atoms with E-state index >= 15 is 0 Å². The number of fused-ring (bicyclic) bond motifs is 1. The van der Waals surface area contributed by atoms with Gasteiger partial charge in [-0.1, -0.05) is 0 Å². The molecule has 110 valence electrons. The number of carbonyl (C=O) groups excluding carboxylic acids is 1. The molecule has 0 aliphatic carbocycles. The number of aromatic nitrogens is 2. The molecule has 0 fully saturated rings. The molecule has 1 aromatic heterocycles. The van der Waals surface area contributed by atoms with Crippen LogP contribution in [0.5, 0.6) is 5.75 Å². The lowest BCUT2D eigenvalue weighted by molar-refractivity contribution is -0.118. The number of sulfonamides is 1. The maximum absolute atomic E-state index is 12.3. The van der Waals surface area contributed by atoms with Gasteiger partial charge in [0.25, 0.3) is 15.9 Å². The average Bonchev–Trinajstić information content (AvgIpc) is 2.82. The van der Waals surface area contributed by atoms with Crippen LogP contribution in [0.1, 0.15) is 5.56 Å².